The second kappa shape index (κ2) is 5.21. The fourth-order valence-corrected chi connectivity index (χ4v) is 2.24. The summed E-state index contributed by atoms with van der Waals surface area (Å²) in [5.41, 5.74) is 1.30. The standard InChI is InChI=1S/C10H13O4P/c1-13-15(12,14-2)8-10-5-3-4-9(6-10)7-11/h3-7H,8H2,1-2H3. The van der Waals surface area contributed by atoms with Gasteiger partial charge in [-0.2, -0.15) is 0 Å². The first-order valence-electron chi connectivity index (χ1n) is 4.38. The SMILES string of the molecule is COP(=O)(Cc1cccc(C=O)c1)OC. The molecule has 0 aliphatic carbocycles. The maximum atomic E-state index is 11.8. The molecule has 0 bridgehead atoms. The van der Waals surface area contributed by atoms with Crippen LogP contribution in [0.25, 0.3) is 0 Å². The molecule has 0 aliphatic heterocycles. The minimum Gasteiger partial charge on any atom is -0.312 e. The van der Waals surface area contributed by atoms with Gasteiger partial charge in [-0.25, -0.2) is 0 Å². The summed E-state index contributed by atoms with van der Waals surface area (Å²) in [5, 5.41) is 0. The molecule has 0 unspecified atom stereocenters. The molecule has 5 heteroatoms. The van der Waals surface area contributed by atoms with E-state index in [1.807, 2.05) is 0 Å². The van der Waals surface area contributed by atoms with Crippen molar-refractivity contribution in [3.63, 3.8) is 0 Å². The molecular formula is C10H13O4P. The van der Waals surface area contributed by atoms with E-state index in [-0.39, 0.29) is 6.16 Å². The van der Waals surface area contributed by atoms with Gasteiger partial charge in [0.25, 0.3) is 0 Å². The van der Waals surface area contributed by atoms with Crippen molar-refractivity contribution in [3.8, 4) is 0 Å². The van der Waals surface area contributed by atoms with Gasteiger partial charge in [0.15, 0.2) is 0 Å². The number of carbonyl (C=O) groups excluding carboxylic acids is 1. The van der Waals surface area contributed by atoms with Gasteiger partial charge in [0.1, 0.15) is 6.29 Å². The lowest BCUT2D eigenvalue weighted by molar-refractivity contribution is 0.112. The Kier molecular flexibility index (Phi) is 4.21. The van der Waals surface area contributed by atoms with Crippen LogP contribution in [-0.4, -0.2) is 20.5 Å². The minimum absolute atomic E-state index is 0.168. The Bertz CT molecular complexity index is 381. The Labute approximate surface area is 88.7 Å². The van der Waals surface area contributed by atoms with Crippen molar-refractivity contribution in [1.82, 2.24) is 0 Å². The molecule has 0 amide bonds. The van der Waals surface area contributed by atoms with E-state index < -0.39 is 7.60 Å². The van der Waals surface area contributed by atoms with Crippen LogP contribution in [0.2, 0.25) is 0 Å². The van der Waals surface area contributed by atoms with Crippen LogP contribution < -0.4 is 0 Å². The van der Waals surface area contributed by atoms with Crippen LogP contribution in [0.3, 0.4) is 0 Å². The van der Waals surface area contributed by atoms with E-state index in [4.69, 9.17) is 9.05 Å². The molecule has 15 heavy (non-hydrogen) atoms. The highest BCUT2D eigenvalue weighted by atomic mass is 31.2. The van der Waals surface area contributed by atoms with Gasteiger partial charge in [-0.1, -0.05) is 18.2 Å². The van der Waals surface area contributed by atoms with Crippen molar-refractivity contribution >= 4 is 13.9 Å². The molecular weight excluding hydrogens is 215 g/mol. The van der Waals surface area contributed by atoms with Crippen LogP contribution in [0, 0.1) is 0 Å². The molecule has 4 nitrogen and oxygen atoms in total. The average Bonchev–Trinajstić information content (AvgIpc) is 2.29. The number of rotatable bonds is 5. The molecule has 1 aromatic rings. The highest BCUT2D eigenvalue weighted by Gasteiger charge is 2.21. The largest absolute Gasteiger partial charge is 0.334 e. The molecule has 82 valence electrons. The number of hydrogen-bond donors (Lipinski definition) is 0. The van der Waals surface area contributed by atoms with E-state index in [0.717, 1.165) is 11.8 Å². The Morgan fingerprint density at radius 2 is 2.00 bits per heavy atom. The first-order chi connectivity index (χ1) is 7.13. The Hall–Kier alpha value is -0.960. The van der Waals surface area contributed by atoms with Crippen molar-refractivity contribution in [3.05, 3.63) is 35.4 Å². The van der Waals surface area contributed by atoms with E-state index in [0.29, 0.717) is 5.56 Å². The van der Waals surface area contributed by atoms with Gasteiger partial charge in [-0.05, 0) is 11.6 Å². The lowest BCUT2D eigenvalue weighted by atomic mass is 10.2. The van der Waals surface area contributed by atoms with Crippen molar-refractivity contribution in [2.75, 3.05) is 14.2 Å². The Balaban J connectivity index is 2.88. The molecule has 0 heterocycles. The Morgan fingerprint density at radius 3 is 2.53 bits per heavy atom. The highest BCUT2D eigenvalue weighted by molar-refractivity contribution is 7.52. The van der Waals surface area contributed by atoms with Crippen LogP contribution in [0.5, 0.6) is 0 Å². The molecule has 0 aromatic heterocycles. The average molecular weight is 228 g/mol. The third-order valence-electron chi connectivity index (χ3n) is 2.02. The Morgan fingerprint density at radius 1 is 1.33 bits per heavy atom. The number of aldehydes is 1. The summed E-state index contributed by atoms with van der Waals surface area (Å²) >= 11 is 0. The normalized spacial score (nSPS) is 11.3. The molecule has 1 aromatic carbocycles. The summed E-state index contributed by atoms with van der Waals surface area (Å²) in [5.74, 6) is 0. The lowest BCUT2D eigenvalue weighted by Crippen LogP contribution is -1.94. The zero-order valence-corrected chi connectivity index (χ0v) is 9.57. The predicted molar refractivity (Wildman–Crippen MR) is 57.2 cm³/mol. The van der Waals surface area contributed by atoms with E-state index in [1.165, 1.54) is 14.2 Å². The lowest BCUT2D eigenvalue weighted by Gasteiger charge is -2.13. The third-order valence-corrected chi connectivity index (χ3v) is 3.88. The molecule has 0 N–H and O–H groups in total. The third kappa shape index (κ3) is 3.27. The zero-order valence-electron chi connectivity index (χ0n) is 8.67. The highest BCUT2D eigenvalue weighted by Crippen LogP contribution is 2.49. The van der Waals surface area contributed by atoms with Crippen LogP contribution in [0.15, 0.2) is 24.3 Å². The number of benzene rings is 1. The maximum Gasteiger partial charge on any atom is 0.334 e. The zero-order chi connectivity index (χ0) is 11.3. The molecule has 1 rings (SSSR count). The van der Waals surface area contributed by atoms with E-state index >= 15 is 0 Å². The van der Waals surface area contributed by atoms with Crippen molar-refractivity contribution < 1.29 is 18.4 Å². The van der Waals surface area contributed by atoms with Gasteiger partial charge in [0, 0.05) is 19.8 Å². The monoisotopic (exact) mass is 228 g/mol. The summed E-state index contributed by atoms with van der Waals surface area (Å²) in [6, 6.07) is 6.85. The van der Waals surface area contributed by atoms with Gasteiger partial charge in [0.2, 0.25) is 0 Å². The molecule has 0 fully saturated rings. The second-order valence-electron chi connectivity index (χ2n) is 3.00. The molecule has 0 saturated heterocycles. The number of carbonyl (C=O) groups is 1. The summed E-state index contributed by atoms with van der Waals surface area (Å²) in [6.45, 7) is 0. The van der Waals surface area contributed by atoms with Gasteiger partial charge in [-0.15, -0.1) is 0 Å². The second-order valence-corrected chi connectivity index (χ2v) is 5.27. The van der Waals surface area contributed by atoms with Gasteiger partial charge in [0.05, 0.1) is 6.16 Å². The summed E-state index contributed by atoms with van der Waals surface area (Å²) in [4.78, 5) is 10.5. The van der Waals surface area contributed by atoms with Gasteiger partial charge >= 0.3 is 7.60 Å². The maximum absolute atomic E-state index is 11.8. The summed E-state index contributed by atoms with van der Waals surface area (Å²) in [6.07, 6.45) is 0.912. The van der Waals surface area contributed by atoms with Crippen molar-refractivity contribution in [2.24, 2.45) is 0 Å². The predicted octanol–water partition coefficient (Wildman–Crippen LogP) is 2.49. The molecule has 0 saturated carbocycles. The summed E-state index contributed by atoms with van der Waals surface area (Å²) < 4.78 is 21.4. The van der Waals surface area contributed by atoms with Crippen LogP contribution in [-0.2, 0) is 19.8 Å². The van der Waals surface area contributed by atoms with Crippen LogP contribution >= 0.6 is 7.60 Å². The van der Waals surface area contributed by atoms with E-state index in [1.54, 1.807) is 24.3 Å². The van der Waals surface area contributed by atoms with Crippen molar-refractivity contribution in [2.45, 2.75) is 6.16 Å². The molecule has 0 radical (unpaired) electrons. The number of hydrogen-bond acceptors (Lipinski definition) is 4. The molecule has 0 spiro atoms. The first kappa shape index (κ1) is 12.1. The quantitative estimate of drug-likeness (QED) is 0.573. The first-order valence-corrected chi connectivity index (χ1v) is 6.11. The van der Waals surface area contributed by atoms with E-state index in [9.17, 15) is 9.36 Å². The van der Waals surface area contributed by atoms with Crippen molar-refractivity contribution in [1.29, 1.82) is 0 Å². The summed E-state index contributed by atoms with van der Waals surface area (Å²) in [7, 11) is -0.367. The van der Waals surface area contributed by atoms with Crippen LogP contribution in [0.4, 0.5) is 0 Å². The van der Waals surface area contributed by atoms with Gasteiger partial charge < -0.3 is 9.05 Å². The fourth-order valence-electron chi connectivity index (χ4n) is 1.19. The minimum atomic E-state index is -3.05. The smallest absolute Gasteiger partial charge is 0.312 e. The van der Waals surface area contributed by atoms with Gasteiger partial charge in [-0.3, -0.25) is 9.36 Å². The molecule has 0 aliphatic rings. The van der Waals surface area contributed by atoms with E-state index in [2.05, 4.69) is 0 Å². The van der Waals surface area contributed by atoms with Crippen LogP contribution in [0.1, 0.15) is 15.9 Å². The topological polar surface area (TPSA) is 52.6 Å². The molecule has 0 atom stereocenters. The fraction of sp³-hybridized carbons (Fsp3) is 0.300.